The minimum atomic E-state index is -0.765. The third kappa shape index (κ3) is 6.83. The van der Waals surface area contributed by atoms with Crippen LogP contribution in [0.5, 0.6) is 5.75 Å². The SMILES string of the molecule is CCCCN(C(=O)COC(=O)/C=C/c1cccc(OC)c1)c1c(N)n(CCC)c(=O)[nH]c1=O. The molecule has 0 spiro atoms. The number of ether oxygens (including phenoxy) is 2. The highest BCUT2D eigenvalue weighted by atomic mass is 16.5. The molecule has 0 unspecified atom stereocenters. The van der Waals surface area contributed by atoms with Gasteiger partial charge in [-0.15, -0.1) is 0 Å². The molecule has 3 N–H and O–H groups in total. The van der Waals surface area contributed by atoms with E-state index < -0.39 is 29.7 Å². The Bertz CT molecular complexity index is 1120. The summed E-state index contributed by atoms with van der Waals surface area (Å²) in [6.07, 6.45) is 4.67. The molecule has 0 aliphatic heterocycles. The number of esters is 1. The smallest absolute Gasteiger partial charge is 0.331 e. The van der Waals surface area contributed by atoms with Crippen LogP contribution in [0.3, 0.4) is 0 Å². The lowest BCUT2D eigenvalue weighted by Gasteiger charge is -2.24. The summed E-state index contributed by atoms with van der Waals surface area (Å²) in [6, 6.07) is 7.07. The Labute approximate surface area is 191 Å². The quantitative estimate of drug-likeness (QED) is 0.388. The second-order valence-corrected chi connectivity index (χ2v) is 7.26. The van der Waals surface area contributed by atoms with Gasteiger partial charge in [-0.2, -0.15) is 0 Å². The summed E-state index contributed by atoms with van der Waals surface area (Å²) in [4.78, 5) is 53.0. The van der Waals surface area contributed by atoms with E-state index in [0.29, 0.717) is 18.6 Å². The van der Waals surface area contributed by atoms with Crippen LogP contribution in [-0.2, 0) is 20.9 Å². The van der Waals surface area contributed by atoms with E-state index in [1.54, 1.807) is 31.4 Å². The fourth-order valence-electron chi connectivity index (χ4n) is 3.13. The number of nitrogens with two attached hydrogens (primary N) is 1. The number of aromatic amines is 1. The van der Waals surface area contributed by atoms with E-state index in [4.69, 9.17) is 15.2 Å². The van der Waals surface area contributed by atoms with Gasteiger partial charge < -0.3 is 20.1 Å². The summed E-state index contributed by atoms with van der Waals surface area (Å²) < 4.78 is 11.4. The summed E-state index contributed by atoms with van der Waals surface area (Å²) in [6.45, 7) is 3.67. The molecule has 178 valence electrons. The van der Waals surface area contributed by atoms with Crippen molar-refractivity contribution in [1.82, 2.24) is 9.55 Å². The van der Waals surface area contributed by atoms with Crippen molar-refractivity contribution in [3.63, 3.8) is 0 Å². The number of unbranched alkanes of at least 4 members (excludes halogenated alkanes) is 1. The number of methoxy groups -OCH3 is 1. The van der Waals surface area contributed by atoms with Crippen molar-refractivity contribution in [2.45, 2.75) is 39.7 Å². The first-order valence-electron chi connectivity index (χ1n) is 10.7. The monoisotopic (exact) mass is 458 g/mol. The number of hydrogen-bond donors (Lipinski definition) is 2. The first kappa shape index (κ1) is 25.4. The molecule has 0 bridgehead atoms. The summed E-state index contributed by atoms with van der Waals surface area (Å²) >= 11 is 0. The third-order valence-corrected chi connectivity index (χ3v) is 4.81. The topological polar surface area (TPSA) is 137 Å². The van der Waals surface area contributed by atoms with Crippen molar-refractivity contribution in [3.8, 4) is 5.75 Å². The summed E-state index contributed by atoms with van der Waals surface area (Å²) in [5, 5.41) is 0. The standard InChI is InChI=1S/C23H30N4O6/c1-4-6-13-26(20-21(24)27(12-5-2)23(31)25-22(20)30)18(28)15-33-19(29)11-10-16-8-7-9-17(14-16)32-3/h7-11,14H,4-6,12-13,15,24H2,1-3H3,(H,25,30,31)/b11-10+. The van der Waals surface area contributed by atoms with Crippen LogP contribution in [0.25, 0.3) is 6.08 Å². The third-order valence-electron chi connectivity index (χ3n) is 4.81. The molecule has 0 saturated heterocycles. The molecule has 0 atom stereocenters. The Morgan fingerprint density at radius 1 is 1.21 bits per heavy atom. The van der Waals surface area contributed by atoms with E-state index in [-0.39, 0.29) is 24.6 Å². The number of carbonyl (C=O) groups is 2. The molecule has 0 radical (unpaired) electrons. The van der Waals surface area contributed by atoms with E-state index in [1.165, 1.54) is 21.6 Å². The van der Waals surface area contributed by atoms with E-state index in [2.05, 4.69) is 4.98 Å². The van der Waals surface area contributed by atoms with Crippen molar-refractivity contribution < 1.29 is 19.1 Å². The number of anilines is 2. The number of nitrogens with zero attached hydrogens (tertiary/aromatic N) is 2. The van der Waals surface area contributed by atoms with Gasteiger partial charge in [0.05, 0.1) is 7.11 Å². The van der Waals surface area contributed by atoms with Gasteiger partial charge in [-0.3, -0.25) is 19.1 Å². The highest BCUT2D eigenvalue weighted by Crippen LogP contribution is 2.18. The molecule has 10 heteroatoms. The lowest BCUT2D eigenvalue weighted by molar-refractivity contribution is -0.142. The van der Waals surface area contributed by atoms with Gasteiger partial charge in [-0.25, -0.2) is 9.59 Å². The molecular weight excluding hydrogens is 428 g/mol. The van der Waals surface area contributed by atoms with Gasteiger partial charge in [0.1, 0.15) is 11.6 Å². The molecule has 1 heterocycles. The number of hydrogen-bond acceptors (Lipinski definition) is 7. The fraction of sp³-hybridized carbons (Fsp3) is 0.391. The maximum Gasteiger partial charge on any atom is 0.331 e. The van der Waals surface area contributed by atoms with Gasteiger partial charge in [0, 0.05) is 19.2 Å². The maximum absolute atomic E-state index is 12.9. The van der Waals surface area contributed by atoms with Crippen LogP contribution in [0.2, 0.25) is 0 Å². The highest BCUT2D eigenvalue weighted by Gasteiger charge is 2.24. The van der Waals surface area contributed by atoms with Crippen LogP contribution < -0.4 is 26.6 Å². The molecule has 0 fully saturated rings. The van der Waals surface area contributed by atoms with Crippen molar-refractivity contribution in [1.29, 1.82) is 0 Å². The lowest BCUT2D eigenvalue weighted by Crippen LogP contribution is -2.43. The second kappa shape index (κ2) is 12.3. The average molecular weight is 459 g/mol. The second-order valence-electron chi connectivity index (χ2n) is 7.26. The van der Waals surface area contributed by atoms with Crippen molar-refractivity contribution in [2.24, 2.45) is 0 Å². The number of aromatic nitrogens is 2. The normalized spacial score (nSPS) is 10.9. The number of amides is 1. The van der Waals surface area contributed by atoms with Gasteiger partial charge in [-0.05, 0) is 36.6 Å². The van der Waals surface area contributed by atoms with Crippen LogP contribution >= 0.6 is 0 Å². The molecule has 1 aromatic carbocycles. The lowest BCUT2D eigenvalue weighted by atomic mass is 10.2. The molecule has 0 saturated carbocycles. The molecule has 2 rings (SSSR count). The number of benzene rings is 1. The molecule has 1 amide bonds. The number of carbonyl (C=O) groups excluding carboxylic acids is 2. The molecule has 0 aliphatic rings. The first-order valence-corrected chi connectivity index (χ1v) is 10.7. The van der Waals surface area contributed by atoms with Gasteiger partial charge in [0.2, 0.25) is 0 Å². The molecule has 10 nitrogen and oxygen atoms in total. The van der Waals surface area contributed by atoms with E-state index >= 15 is 0 Å². The Hall–Kier alpha value is -3.82. The zero-order valence-electron chi connectivity index (χ0n) is 19.1. The van der Waals surface area contributed by atoms with Crippen LogP contribution in [-0.4, -0.2) is 41.7 Å². The summed E-state index contributed by atoms with van der Waals surface area (Å²) in [5.74, 6) is -0.802. The van der Waals surface area contributed by atoms with Crippen LogP contribution in [0, 0.1) is 0 Å². The van der Waals surface area contributed by atoms with Crippen molar-refractivity contribution in [2.75, 3.05) is 30.9 Å². The zero-order chi connectivity index (χ0) is 24.4. The Morgan fingerprint density at radius 2 is 1.97 bits per heavy atom. The molecule has 33 heavy (non-hydrogen) atoms. The number of H-pyrrole nitrogens is 1. The van der Waals surface area contributed by atoms with Crippen molar-refractivity contribution in [3.05, 3.63) is 56.7 Å². The predicted octanol–water partition coefficient (Wildman–Crippen LogP) is 1.93. The molecule has 1 aromatic heterocycles. The largest absolute Gasteiger partial charge is 0.497 e. The average Bonchev–Trinajstić information content (AvgIpc) is 2.80. The molecular formula is C23H30N4O6. The molecule has 2 aromatic rings. The Morgan fingerprint density at radius 3 is 2.64 bits per heavy atom. The Kier molecular flexibility index (Phi) is 9.46. The number of rotatable bonds is 11. The van der Waals surface area contributed by atoms with Gasteiger partial charge in [0.15, 0.2) is 12.3 Å². The van der Waals surface area contributed by atoms with Gasteiger partial charge in [-0.1, -0.05) is 32.4 Å². The molecule has 0 aliphatic carbocycles. The number of nitrogen functional groups attached to an aromatic ring is 1. The summed E-state index contributed by atoms with van der Waals surface area (Å²) in [5.41, 5.74) is 5.29. The van der Waals surface area contributed by atoms with E-state index in [1.807, 2.05) is 13.8 Å². The zero-order valence-corrected chi connectivity index (χ0v) is 19.1. The van der Waals surface area contributed by atoms with E-state index in [0.717, 1.165) is 12.0 Å². The van der Waals surface area contributed by atoms with Gasteiger partial charge >= 0.3 is 11.7 Å². The maximum atomic E-state index is 12.9. The first-order chi connectivity index (χ1) is 15.8. The van der Waals surface area contributed by atoms with E-state index in [9.17, 15) is 19.2 Å². The minimum absolute atomic E-state index is 0.0979. The fourth-order valence-corrected chi connectivity index (χ4v) is 3.13. The predicted molar refractivity (Wildman–Crippen MR) is 126 cm³/mol. The van der Waals surface area contributed by atoms with Crippen LogP contribution in [0.4, 0.5) is 11.5 Å². The number of nitrogens with one attached hydrogen (secondary N) is 1. The summed E-state index contributed by atoms with van der Waals surface area (Å²) in [7, 11) is 1.54. The Balaban J connectivity index is 2.19. The van der Waals surface area contributed by atoms with Gasteiger partial charge in [0.25, 0.3) is 11.5 Å². The van der Waals surface area contributed by atoms with Crippen molar-refractivity contribution >= 4 is 29.5 Å². The van der Waals surface area contributed by atoms with Crippen LogP contribution in [0.1, 0.15) is 38.7 Å². The van der Waals surface area contributed by atoms with Crippen LogP contribution in [0.15, 0.2) is 39.9 Å². The highest BCUT2D eigenvalue weighted by molar-refractivity contribution is 5.98. The minimum Gasteiger partial charge on any atom is -0.497 e.